The van der Waals surface area contributed by atoms with Gasteiger partial charge in [-0.3, -0.25) is 9.89 Å². The predicted octanol–water partition coefficient (Wildman–Crippen LogP) is 0.145. The van der Waals surface area contributed by atoms with Crippen LogP contribution in [0.5, 0.6) is 0 Å². The molecule has 1 rings (SSSR count). The van der Waals surface area contributed by atoms with Gasteiger partial charge in [0, 0.05) is 0 Å². The van der Waals surface area contributed by atoms with E-state index in [2.05, 4.69) is 34.3 Å². The largest absolute Gasteiger partial charge is 0.367 e. The Labute approximate surface area is 92.4 Å². The molecule has 1 amide bonds. The Kier molecular flexibility index (Phi) is 4.41. The molecule has 0 bridgehead atoms. The first-order chi connectivity index (χ1) is 7.08. The third-order valence-electron chi connectivity index (χ3n) is 1.55. The van der Waals surface area contributed by atoms with E-state index in [4.69, 9.17) is 5.73 Å². The summed E-state index contributed by atoms with van der Waals surface area (Å²) in [5, 5.41) is 9.45. The first kappa shape index (κ1) is 11.8. The van der Waals surface area contributed by atoms with E-state index in [0.717, 1.165) is 0 Å². The summed E-state index contributed by atoms with van der Waals surface area (Å²) in [5.41, 5.74) is 5.31. The van der Waals surface area contributed by atoms with Crippen molar-refractivity contribution in [3.05, 3.63) is 5.82 Å². The summed E-state index contributed by atoms with van der Waals surface area (Å²) in [5.74, 6) is 1.20. The van der Waals surface area contributed by atoms with Gasteiger partial charge in [0.05, 0.1) is 12.3 Å². The zero-order valence-electron chi connectivity index (χ0n) is 8.78. The third-order valence-corrected chi connectivity index (χ3v) is 2.65. The lowest BCUT2D eigenvalue weighted by molar-refractivity contribution is -0.118. The Hall–Kier alpha value is -1.24. The molecule has 1 aromatic heterocycles. The molecule has 0 atom stereocenters. The maximum atomic E-state index is 11.3. The Morgan fingerprint density at radius 2 is 2.40 bits per heavy atom. The molecule has 7 heteroatoms. The number of amides is 1. The molecule has 0 saturated carbocycles. The number of H-pyrrole nitrogens is 1. The van der Waals surface area contributed by atoms with Gasteiger partial charge in [0.2, 0.25) is 11.9 Å². The van der Waals surface area contributed by atoms with Crippen molar-refractivity contribution >= 4 is 23.6 Å². The van der Waals surface area contributed by atoms with Gasteiger partial charge in [0.1, 0.15) is 5.82 Å². The molecule has 0 aliphatic heterocycles. The number of nitrogen functional groups attached to an aromatic ring is 1. The highest BCUT2D eigenvalue weighted by Crippen LogP contribution is 2.07. The summed E-state index contributed by atoms with van der Waals surface area (Å²) < 4.78 is 0. The zero-order chi connectivity index (χ0) is 11.3. The molecular weight excluding hydrogens is 214 g/mol. The molecule has 84 valence electrons. The summed E-state index contributed by atoms with van der Waals surface area (Å²) in [7, 11) is 0. The summed E-state index contributed by atoms with van der Waals surface area (Å²) in [4.78, 5) is 15.2. The van der Waals surface area contributed by atoms with Crippen molar-refractivity contribution in [2.24, 2.45) is 0 Å². The maximum absolute atomic E-state index is 11.3. The molecule has 0 aromatic carbocycles. The van der Waals surface area contributed by atoms with E-state index in [9.17, 15) is 4.79 Å². The predicted molar refractivity (Wildman–Crippen MR) is 60.2 cm³/mol. The zero-order valence-corrected chi connectivity index (χ0v) is 9.60. The molecule has 0 aliphatic carbocycles. The smallest absolute Gasteiger partial charge is 0.239 e. The van der Waals surface area contributed by atoms with Crippen molar-refractivity contribution in [3.8, 4) is 0 Å². The number of carbonyl (C=O) groups excluding carboxylic acids is 1. The van der Waals surface area contributed by atoms with Crippen LogP contribution >= 0.6 is 11.8 Å². The normalized spacial score (nSPS) is 10.6. The van der Waals surface area contributed by atoms with Crippen LogP contribution in [0.15, 0.2) is 0 Å². The third kappa shape index (κ3) is 4.68. The van der Waals surface area contributed by atoms with Gasteiger partial charge in [0.15, 0.2) is 0 Å². The van der Waals surface area contributed by atoms with Crippen molar-refractivity contribution < 1.29 is 4.79 Å². The van der Waals surface area contributed by atoms with Gasteiger partial charge < -0.3 is 11.1 Å². The fraction of sp³-hybridized carbons (Fsp3) is 0.625. The SMILES string of the molecule is CC(C)SCC(=O)NCc1nc(N)n[nH]1. The average Bonchev–Trinajstić information content (AvgIpc) is 2.58. The Balaban J connectivity index is 2.22. The van der Waals surface area contributed by atoms with Crippen LogP contribution < -0.4 is 11.1 Å². The first-order valence-electron chi connectivity index (χ1n) is 4.63. The standard InChI is InChI=1S/C8H15N5OS/c1-5(2)15-4-7(14)10-3-6-11-8(9)13-12-6/h5H,3-4H2,1-2H3,(H,10,14)(H3,9,11,12,13). The molecule has 15 heavy (non-hydrogen) atoms. The number of aromatic nitrogens is 3. The summed E-state index contributed by atoms with van der Waals surface area (Å²) >= 11 is 1.60. The first-order valence-corrected chi connectivity index (χ1v) is 5.68. The van der Waals surface area contributed by atoms with Gasteiger partial charge in [-0.2, -0.15) is 4.98 Å². The van der Waals surface area contributed by atoms with Gasteiger partial charge in [-0.1, -0.05) is 13.8 Å². The molecule has 0 aliphatic rings. The number of anilines is 1. The second-order valence-electron chi connectivity index (χ2n) is 3.28. The molecule has 6 nitrogen and oxygen atoms in total. The van der Waals surface area contributed by atoms with E-state index < -0.39 is 0 Å². The second kappa shape index (κ2) is 5.59. The highest BCUT2D eigenvalue weighted by molar-refractivity contribution is 8.00. The molecule has 1 heterocycles. The number of rotatable bonds is 5. The van der Waals surface area contributed by atoms with Crippen molar-refractivity contribution in [2.45, 2.75) is 25.6 Å². The molecule has 0 fully saturated rings. The summed E-state index contributed by atoms with van der Waals surface area (Å²) in [6.45, 7) is 4.44. The number of hydrogen-bond acceptors (Lipinski definition) is 5. The van der Waals surface area contributed by atoms with Crippen LogP contribution in [-0.4, -0.2) is 32.1 Å². The second-order valence-corrected chi connectivity index (χ2v) is 4.84. The van der Waals surface area contributed by atoms with Crippen molar-refractivity contribution in [3.63, 3.8) is 0 Å². The molecular formula is C8H15N5OS. The van der Waals surface area contributed by atoms with Crippen molar-refractivity contribution in [2.75, 3.05) is 11.5 Å². The van der Waals surface area contributed by atoms with Crippen molar-refractivity contribution in [1.29, 1.82) is 0 Å². The van der Waals surface area contributed by atoms with E-state index in [-0.39, 0.29) is 11.9 Å². The summed E-state index contributed by atoms with van der Waals surface area (Å²) in [6, 6.07) is 0. The van der Waals surface area contributed by atoms with Crippen LogP contribution in [0.3, 0.4) is 0 Å². The molecule has 0 spiro atoms. The molecule has 4 N–H and O–H groups in total. The van der Waals surface area contributed by atoms with Crippen LogP contribution in [0.1, 0.15) is 19.7 Å². The Morgan fingerprint density at radius 3 is 2.93 bits per heavy atom. The lowest BCUT2D eigenvalue weighted by atomic mass is 10.5. The number of carbonyl (C=O) groups is 1. The van der Waals surface area contributed by atoms with E-state index in [1.54, 1.807) is 11.8 Å². The van der Waals surface area contributed by atoms with Crippen molar-refractivity contribution in [1.82, 2.24) is 20.5 Å². The lowest BCUT2D eigenvalue weighted by Gasteiger charge is -2.04. The Morgan fingerprint density at radius 1 is 1.67 bits per heavy atom. The maximum Gasteiger partial charge on any atom is 0.239 e. The molecule has 0 unspecified atom stereocenters. The van der Waals surface area contributed by atoms with Crippen LogP contribution in [0, 0.1) is 0 Å². The van der Waals surface area contributed by atoms with Crippen LogP contribution in [0.2, 0.25) is 0 Å². The number of aromatic amines is 1. The minimum atomic E-state index is -0.0105. The van der Waals surface area contributed by atoms with E-state index in [0.29, 0.717) is 23.4 Å². The van der Waals surface area contributed by atoms with Gasteiger partial charge in [-0.15, -0.1) is 16.9 Å². The molecule has 0 radical (unpaired) electrons. The fourth-order valence-electron chi connectivity index (χ4n) is 0.865. The molecule has 1 aromatic rings. The van der Waals surface area contributed by atoms with Gasteiger partial charge >= 0.3 is 0 Å². The highest BCUT2D eigenvalue weighted by atomic mass is 32.2. The fourth-order valence-corrected chi connectivity index (χ4v) is 1.45. The van der Waals surface area contributed by atoms with Crippen LogP contribution in [0.4, 0.5) is 5.95 Å². The summed E-state index contributed by atoms with van der Waals surface area (Å²) in [6.07, 6.45) is 0. The quantitative estimate of drug-likeness (QED) is 0.667. The monoisotopic (exact) mass is 229 g/mol. The van der Waals surface area contributed by atoms with Crippen LogP contribution in [-0.2, 0) is 11.3 Å². The minimum Gasteiger partial charge on any atom is -0.367 e. The minimum absolute atomic E-state index is 0.0105. The van der Waals surface area contributed by atoms with E-state index in [1.165, 1.54) is 0 Å². The molecule has 0 saturated heterocycles. The van der Waals surface area contributed by atoms with Gasteiger partial charge in [-0.05, 0) is 5.25 Å². The number of thioether (sulfide) groups is 1. The number of nitrogens with one attached hydrogen (secondary N) is 2. The number of hydrogen-bond donors (Lipinski definition) is 3. The van der Waals surface area contributed by atoms with Gasteiger partial charge in [0.25, 0.3) is 0 Å². The number of nitrogens with zero attached hydrogens (tertiary/aromatic N) is 2. The van der Waals surface area contributed by atoms with E-state index >= 15 is 0 Å². The van der Waals surface area contributed by atoms with E-state index in [1.807, 2.05) is 0 Å². The Bertz CT molecular complexity index is 325. The number of nitrogens with two attached hydrogens (primary N) is 1. The van der Waals surface area contributed by atoms with Crippen LogP contribution in [0.25, 0.3) is 0 Å². The highest BCUT2D eigenvalue weighted by Gasteiger charge is 2.05. The van der Waals surface area contributed by atoms with Gasteiger partial charge in [-0.25, -0.2) is 0 Å². The average molecular weight is 229 g/mol. The topological polar surface area (TPSA) is 96.7 Å². The lowest BCUT2D eigenvalue weighted by Crippen LogP contribution is -2.25.